The number of hydrogen-bond acceptors (Lipinski definition) is 3. The largest absolute Gasteiger partial charge is 0.455 e. The van der Waals surface area contributed by atoms with E-state index in [0.717, 1.165) is 71.9 Å². The Bertz CT molecular complexity index is 2760. The predicted molar refractivity (Wildman–Crippen MR) is 197 cm³/mol. The number of hydrogen-bond donors (Lipinski definition) is 0. The second-order valence-corrected chi connectivity index (χ2v) is 12.2. The maximum absolute atomic E-state index is 6.42. The standard InChI is InChI=1S/C44H27N3O/c1-3-11-28(12-4-1)30-23-31(29-13-5-2-6-14-29)25-32(24-30)38-26-46-42(27-45-38)47-39-17-9-7-16-37(39)43-34-19-20-35-33-15-8-10-18-41(33)48-44(35)36(34)21-22-40(43)47/h1-27H. The first-order chi connectivity index (χ1) is 23.8. The topological polar surface area (TPSA) is 43.9 Å². The summed E-state index contributed by atoms with van der Waals surface area (Å²) >= 11 is 0. The van der Waals surface area contributed by atoms with Crippen molar-refractivity contribution >= 4 is 54.5 Å². The van der Waals surface area contributed by atoms with Crippen LogP contribution < -0.4 is 0 Å². The van der Waals surface area contributed by atoms with E-state index in [9.17, 15) is 0 Å². The maximum Gasteiger partial charge on any atom is 0.156 e. The van der Waals surface area contributed by atoms with Crippen LogP contribution in [0.2, 0.25) is 0 Å². The maximum atomic E-state index is 6.42. The zero-order valence-electron chi connectivity index (χ0n) is 25.8. The summed E-state index contributed by atoms with van der Waals surface area (Å²) in [5, 5.41) is 6.88. The van der Waals surface area contributed by atoms with Crippen LogP contribution in [-0.2, 0) is 0 Å². The van der Waals surface area contributed by atoms with E-state index >= 15 is 0 Å². The zero-order valence-corrected chi connectivity index (χ0v) is 25.8. The van der Waals surface area contributed by atoms with Crippen LogP contribution in [0.1, 0.15) is 0 Å². The molecule has 0 aliphatic carbocycles. The molecule has 7 aromatic carbocycles. The molecule has 0 aliphatic rings. The molecule has 10 rings (SSSR count). The van der Waals surface area contributed by atoms with E-state index in [-0.39, 0.29) is 0 Å². The molecular weight excluding hydrogens is 587 g/mol. The Hall–Kier alpha value is -6.52. The third kappa shape index (κ3) is 4.10. The van der Waals surface area contributed by atoms with E-state index in [1.54, 1.807) is 0 Å². The minimum Gasteiger partial charge on any atom is -0.455 e. The Balaban J connectivity index is 1.14. The molecular formula is C44H27N3O. The summed E-state index contributed by atoms with van der Waals surface area (Å²) in [4.78, 5) is 10.1. The summed E-state index contributed by atoms with van der Waals surface area (Å²) in [6.45, 7) is 0. The molecule has 4 heteroatoms. The highest BCUT2D eigenvalue weighted by Gasteiger charge is 2.18. The lowest BCUT2D eigenvalue weighted by Gasteiger charge is -2.12. The molecule has 3 aromatic heterocycles. The molecule has 0 N–H and O–H groups in total. The zero-order chi connectivity index (χ0) is 31.6. The fraction of sp³-hybridized carbons (Fsp3) is 0. The quantitative estimate of drug-likeness (QED) is 0.198. The van der Waals surface area contributed by atoms with Crippen LogP contribution in [-0.4, -0.2) is 14.5 Å². The van der Waals surface area contributed by atoms with Gasteiger partial charge in [-0.3, -0.25) is 9.55 Å². The predicted octanol–water partition coefficient (Wildman–Crippen LogP) is 11.6. The van der Waals surface area contributed by atoms with Crippen LogP contribution in [0.3, 0.4) is 0 Å². The smallest absolute Gasteiger partial charge is 0.156 e. The Kier molecular flexibility index (Phi) is 5.84. The number of nitrogens with zero attached hydrogens (tertiary/aromatic N) is 3. The number of furan rings is 1. The molecule has 0 atom stereocenters. The second-order valence-electron chi connectivity index (χ2n) is 12.2. The van der Waals surface area contributed by atoms with Crippen molar-refractivity contribution in [1.82, 2.24) is 14.5 Å². The Morgan fingerprint density at radius 2 is 1.02 bits per heavy atom. The number of fused-ring (bicyclic) bond motifs is 9. The van der Waals surface area contributed by atoms with Gasteiger partial charge >= 0.3 is 0 Å². The van der Waals surface area contributed by atoms with Gasteiger partial charge in [-0.05, 0) is 76.2 Å². The molecule has 0 amide bonds. The summed E-state index contributed by atoms with van der Waals surface area (Å²) < 4.78 is 8.64. The van der Waals surface area contributed by atoms with Crippen LogP contribution in [0.4, 0.5) is 0 Å². The normalized spacial score (nSPS) is 11.8. The summed E-state index contributed by atoms with van der Waals surface area (Å²) in [6.07, 6.45) is 3.79. The SMILES string of the molecule is c1ccc(-c2cc(-c3ccccc3)cc(-c3cnc(-n4c5ccccc5c5c6ccc7c8ccccc8oc7c6ccc54)cn3)c2)cc1. The third-order valence-electron chi connectivity index (χ3n) is 9.48. The van der Waals surface area contributed by atoms with Crippen molar-refractivity contribution in [3.05, 3.63) is 164 Å². The van der Waals surface area contributed by atoms with Crippen molar-refractivity contribution < 1.29 is 4.42 Å². The van der Waals surface area contributed by atoms with Gasteiger partial charge in [0.1, 0.15) is 11.2 Å². The Morgan fingerprint density at radius 1 is 0.417 bits per heavy atom. The van der Waals surface area contributed by atoms with Crippen LogP contribution in [0.15, 0.2) is 168 Å². The fourth-order valence-corrected chi connectivity index (χ4v) is 7.26. The molecule has 0 saturated heterocycles. The lowest BCUT2D eigenvalue weighted by molar-refractivity contribution is 0.672. The van der Waals surface area contributed by atoms with Crippen molar-refractivity contribution in [2.75, 3.05) is 0 Å². The van der Waals surface area contributed by atoms with Crippen LogP contribution in [0, 0.1) is 0 Å². The second kappa shape index (κ2) is 10.5. The lowest BCUT2D eigenvalue weighted by atomic mass is 9.95. The van der Waals surface area contributed by atoms with Crippen molar-refractivity contribution in [2.45, 2.75) is 0 Å². The van der Waals surface area contributed by atoms with E-state index in [1.165, 1.54) is 21.9 Å². The molecule has 3 heterocycles. The van der Waals surface area contributed by atoms with E-state index in [0.29, 0.717) is 0 Å². The Morgan fingerprint density at radius 3 is 1.75 bits per heavy atom. The van der Waals surface area contributed by atoms with Crippen molar-refractivity contribution in [2.24, 2.45) is 0 Å². The van der Waals surface area contributed by atoms with Gasteiger partial charge in [0.15, 0.2) is 5.82 Å². The van der Waals surface area contributed by atoms with E-state index in [2.05, 4.69) is 132 Å². The molecule has 224 valence electrons. The molecule has 10 aromatic rings. The van der Waals surface area contributed by atoms with Crippen LogP contribution in [0.25, 0.3) is 93.8 Å². The molecule has 0 fully saturated rings. The first kappa shape index (κ1) is 26.7. The van der Waals surface area contributed by atoms with Gasteiger partial charge in [-0.2, -0.15) is 0 Å². The monoisotopic (exact) mass is 613 g/mol. The van der Waals surface area contributed by atoms with E-state index < -0.39 is 0 Å². The minimum absolute atomic E-state index is 0.775. The summed E-state index contributed by atoms with van der Waals surface area (Å²) in [7, 11) is 0. The molecule has 0 spiro atoms. The summed E-state index contributed by atoms with van der Waals surface area (Å²) in [5.41, 5.74) is 10.5. The summed E-state index contributed by atoms with van der Waals surface area (Å²) in [6, 6.07) is 53.2. The number of aromatic nitrogens is 3. The Labute approximate surface area is 276 Å². The van der Waals surface area contributed by atoms with Crippen LogP contribution in [0.5, 0.6) is 0 Å². The number of benzene rings is 7. The minimum atomic E-state index is 0.775. The van der Waals surface area contributed by atoms with Crippen molar-refractivity contribution in [3.63, 3.8) is 0 Å². The van der Waals surface area contributed by atoms with Crippen molar-refractivity contribution in [3.8, 4) is 39.3 Å². The number of para-hydroxylation sites is 2. The van der Waals surface area contributed by atoms with Gasteiger partial charge in [0.25, 0.3) is 0 Å². The lowest BCUT2D eigenvalue weighted by Crippen LogP contribution is -1.99. The molecule has 48 heavy (non-hydrogen) atoms. The van der Waals surface area contributed by atoms with Crippen molar-refractivity contribution in [1.29, 1.82) is 0 Å². The molecule has 0 saturated carbocycles. The van der Waals surface area contributed by atoms with Gasteiger partial charge < -0.3 is 4.42 Å². The first-order valence-corrected chi connectivity index (χ1v) is 16.1. The fourth-order valence-electron chi connectivity index (χ4n) is 7.26. The van der Waals surface area contributed by atoms with Gasteiger partial charge in [0.2, 0.25) is 0 Å². The third-order valence-corrected chi connectivity index (χ3v) is 9.48. The highest BCUT2D eigenvalue weighted by atomic mass is 16.3. The molecule has 0 unspecified atom stereocenters. The highest BCUT2D eigenvalue weighted by Crippen LogP contribution is 2.41. The molecule has 0 aliphatic heterocycles. The number of rotatable bonds is 4. The van der Waals surface area contributed by atoms with Gasteiger partial charge in [-0.1, -0.05) is 103 Å². The highest BCUT2D eigenvalue weighted by molar-refractivity contribution is 6.26. The van der Waals surface area contributed by atoms with Crippen LogP contribution >= 0.6 is 0 Å². The van der Waals surface area contributed by atoms with E-state index in [4.69, 9.17) is 14.4 Å². The average Bonchev–Trinajstić information content (AvgIpc) is 3.72. The van der Waals surface area contributed by atoms with Gasteiger partial charge in [0, 0.05) is 32.5 Å². The molecule has 0 radical (unpaired) electrons. The first-order valence-electron chi connectivity index (χ1n) is 16.1. The summed E-state index contributed by atoms with van der Waals surface area (Å²) in [5.74, 6) is 0.775. The van der Waals surface area contributed by atoms with Gasteiger partial charge in [-0.25, -0.2) is 4.98 Å². The molecule has 4 nitrogen and oxygen atoms in total. The average molecular weight is 614 g/mol. The van der Waals surface area contributed by atoms with Gasteiger partial charge in [-0.15, -0.1) is 0 Å². The van der Waals surface area contributed by atoms with Gasteiger partial charge in [0.05, 0.1) is 29.1 Å². The van der Waals surface area contributed by atoms with E-state index in [1.807, 2.05) is 36.7 Å². The molecule has 0 bridgehead atoms.